The van der Waals surface area contributed by atoms with Crippen molar-refractivity contribution in [2.24, 2.45) is 5.10 Å². The van der Waals surface area contributed by atoms with Gasteiger partial charge in [-0.05, 0) is 44.2 Å². The average molecular weight is 329 g/mol. The summed E-state index contributed by atoms with van der Waals surface area (Å²) >= 11 is 0. The number of aryl methyl sites for hydroxylation is 1. The lowest BCUT2D eigenvalue weighted by Crippen LogP contribution is -1.99. The zero-order valence-electron chi connectivity index (χ0n) is 14.2. The number of para-hydroxylation sites is 3. The minimum Gasteiger partial charge on any atom is -0.323 e. The summed E-state index contributed by atoms with van der Waals surface area (Å²) in [5.74, 6) is 0.634. The molecule has 4 aromatic rings. The highest BCUT2D eigenvalue weighted by molar-refractivity contribution is 5.83. The van der Waals surface area contributed by atoms with Crippen LogP contribution in [0.15, 0.2) is 65.8 Å². The van der Waals surface area contributed by atoms with E-state index in [1.807, 2.05) is 48.7 Å². The fourth-order valence-corrected chi connectivity index (χ4v) is 3.06. The van der Waals surface area contributed by atoms with Crippen molar-refractivity contribution in [3.63, 3.8) is 0 Å². The van der Waals surface area contributed by atoms with Crippen LogP contribution < -0.4 is 5.43 Å². The van der Waals surface area contributed by atoms with E-state index in [0.29, 0.717) is 5.95 Å². The molecule has 4 rings (SSSR count). The molecule has 0 spiro atoms. The van der Waals surface area contributed by atoms with Crippen molar-refractivity contribution in [1.29, 1.82) is 0 Å². The summed E-state index contributed by atoms with van der Waals surface area (Å²) in [6.07, 6.45) is 1.83. The molecule has 0 aliphatic carbocycles. The minimum atomic E-state index is 0.634. The molecule has 25 heavy (non-hydrogen) atoms. The third-order valence-electron chi connectivity index (χ3n) is 4.25. The molecule has 5 nitrogen and oxygen atoms in total. The Bertz CT molecular complexity index is 1010. The fourth-order valence-electron chi connectivity index (χ4n) is 3.06. The van der Waals surface area contributed by atoms with Gasteiger partial charge in [-0.3, -0.25) is 0 Å². The Morgan fingerprint density at radius 1 is 1.04 bits per heavy atom. The van der Waals surface area contributed by atoms with Crippen LogP contribution >= 0.6 is 0 Å². The Morgan fingerprint density at radius 2 is 1.80 bits per heavy atom. The smallest absolute Gasteiger partial charge is 0.222 e. The Hall–Kier alpha value is -3.34. The highest BCUT2D eigenvalue weighted by Crippen LogP contribution is 2.19. The summed E-state index contributed by atoms with van der Waals surface area (Å²) in [7, 11) is 0. The van der Waals surface area contributed by atoms with Crippen molar-refractivity contribution in [3.05, 3.63) is 77.6 Å². The highest BCUT2D eigenvalue weighted by atomic mass is 15.3. The van der Waals surface area contributed by atoms with E-state index in [2.05, 4.69) is 57.1 Å². The normalized spacial score (nSPS) is 11.4. The van der Waals surface area contributed by atoms with E-state index in [9.17, 15) is 0 Å². The number of fused-ring (bicyclic) bond motifs is 1. The fraction of sp³-hybridized carbons (Fsp3) is 0.100. The lowest BCUT2D eigenvalue weighted by Gasteiger charge is -2.08. The van der Waals surface area contributed by atoms with Crippen molar-refractivity contribution in [2.75, 3.05) is 5.43 Å². The lowest BCUT2D eigenvalue weighted by atomic mass is 10.2. The molecule has 2 aromatic heterocycles. The second-order valence-corrected chi connectivity index (χ2v) is 5.97. The molecule has 0 aliphatic heterocycles. The van der Waals surface area contributed by atoms with Gasteiger partial charge in [0, 0.05) is 22.6 Å². The molecule has 0 saturated heterocycles. The zero-order valence-corrected chi connectivity index (χ0v) is 14.2. The first kappa shape index (κ1) is 15.2. The molecule has 0 atom stereocenters. The summed E-state index contributed by atoms with van der Waals surface area (Å²) in [5, 5.41) is 4.33. The van der Waals surface area contributed by atoms with Crippen LogP contribution in [0.1, 0.15) is 17.0 Å². The van der Waals surface area contributed by atoms with Crippen molar-refractivity contribution >= 4 is 23.2 Å². The molecular formula is C20H19N5. The maximum absolute atomic E-state index is 4.45. The number of hydrazone groups is 1. The van der Waals surface area contributed by atoms with Crippen molar-refractivity contribution in [2.45, 2.75) is 13.8 Å². The van der Waals surface area contributed by atoms with Gasteiger partial charge in [-0.1, -0.05) is 30.3 Å². The van der Waals surface area contributed by atoms with Crippen molar-refractivity contribution in [3.8, 4) is 5.69 Å². The van der Waals surface area contributed by atoms with Crippen molar-refractivity contribution < 1.29 is 0 Å². The van der Waals surface area contributed by atoms with Gasteiger partial charge < -0.3 is 9.55 Å². The molecule has 0 saturated carbocycles. The van der Waals surface area contributed by atoms with Crippen LogP contribution in [0.2, 0.25) is 0 Å². The van der Waals surface area contributed by atoms with Gasteiger partial charge in [0.2, 0.25) is 5.95 Å². The van der Waals surface area contributed by atoms with Crippen LogP contribution in [0.4, 0.5) is 5.95 Å². The van der Waals surface area contributed by atoms with E-state index in [4.69, 9.17) is 0 Å². The minimum absolute atomic E-state index is 0.634. The van der Waals surface area contributed by atoms with Crippen LogP contribution in [-0.4, -0.2) is 20.7 Å². The average Bonchev–Trinajstić information content (AvgIpc) is 3.16. The number of imidazole rings is 1. The lowest BCUT2D eigenvalue weighted by molar-refractivity contribution is 0.965. The number of nitrogens with one attached hydrogen (secondary N) is 2. The zero-order chi connectivity index (χ0) is 17.2. The number of aromatic amines is 1. The SMILES string of the molecule is Cc1cc(/C=N\Nc2nc3ccccc3[nH]2)c(C)n1-c1ccccc1. The number of benzene rings is 2. The maximum Gasteiger partial charge on any atom is 0.222 e. The van der Waals surface area contributed by atoms with Gasteiger partial charge in [0.15, 0.2) is 0 Å². The second kappa shape index (κ2) is 6.28. The first-order valence-electron chi connectivity index (χ1n) is 8.20. The highest BCUT2D eigenvalue weighted by Gasteiger charge is 2.09. The standard InChI is InChI=1S/C20H19N5/c1-14-12-16(15(2)25(14)17-8-4-3-5-9-17)13-21-24-20-22-18-10-6-7-11-19(18)23-20/h3-13H,1-2H3,(H2,22,23,24)/b21-13-. The summed E-state index contributed by atoms with van der Waals surface area (Å²) in [6, 6.07) is 20.4. The van der Waals surface area contributed by atoms with Crippen LogP contribution in [-0.2, 0) is 0 Å². The molecule has 0 unspecified atom stereocenters. The number of hydrogen-bond acceptors (Lipinski definition) is 3. The predicted octanol–water partition coefficient (Wildman–Crippen LogP) is 4.42. The van der Waals surface area contributed by atoms with Crippen LogP contribution in [0, 0.1) is 13.8 Å². The number of H-pyrrole nitrogens is 1. The van der Waals surface area contributed by atoms with E-state index in [1.54, 1.807) is 0 Å². The molecule has 0 amide bonds. The molecule has 0 fully saturated rings. The first-order valence-corrected chi connectivity index (χ1v) is 8.20. The number of anilines is 1. The maximum atomic E-state index is 4.45. The van der Waals surface area contributed by atoms with E-state index < -0.39 is 0 Å². The van der Waals surface area contributed by atoms with Gasteiger partial charge in [0.05, 0.1) is 17.2 Å². The summed E-state index contributed by atoms with van der Waals surface area (Å²) in [5.41, 5.74) is 9.43. The predicted molar refractivity (Wildman–Crippen MR) is 103 cm³/mol. The second-order valence-electron chi connectivity index (χ2n) is 5.97. The largest absolute Gasteiger partial charge is 0.323 e. The Balaban J connectivity index is 1.57. The first-order chi connectivity index (χ1) is 12.2. The number of aromatic nitrogens is 3. The third kappa shape index (κ3) is 2.92. The number of nitrogens with zero attached hydrogens (tertiary/aromatic N) is 3. The topological polar surface area (TPSA) is 58.0 Å². The number of hydrogen-bond donors (Lipinski definition) is 2. The number of rotatable bonds is 4. The molecule has 0 radical (unpaired) electrons. The van der Waals surface area contributed by atoms with Crippen LogP contribution in [0.5, 0.6) is 0 Å². The molecular weight excluding hydrogens is 310 g/mol. The van der Waals surface area contributed by atoms with Gasteiger partial charge in [-0.25, -0.2) is 10.4 Å². The summed E-state index contributed by atoms with van der Waals surface area (Å²) in [4.78, 5) is 7.65. The van der Waals surface area contributed by atoms with Crippen LogP contribution in [0.25, 0.3) is 16.7 Å². The van der Waals surface area contributed by atoms with Gasteiger partial charge in [0.1, 0.15) is 0 Å². The molecule has 2 heterocycles. The Labute approximate surface area is 146 Å². The quantitative estimate of drug-likeness (QED) is 0.430. The van der Waals surface area contributed by atoms with Gasteiger partial charge in [0.25, 0.3) is 0 Å². The molecule has 2 N–H and O–H groups in total. The van der Waals surface area contributed by atoms with Crippen molar-refractivity contribution in [1.82, 2.24) is 14.5 Å². The molecule has 5 heteroatoms. The summed E-state index contributed by atoms with van der Waals surface area (Å²) < 4.78 is 2.22. The van der Waals surface area contributed by atoms with E-state index >= 15 is 0 Å². The van der Waals surface area contributed by atoms with Crippen LogP contribution in [0.3, 0.4) is 0 Å². The van der Waals surface area contributed by atoms with E-state index in [0.717, 1.165) is 28.0 Å². The Kier molecular flexibility index (Phi) is 3.82. The van der Waals surface area contributed by atoms with E-state index in [-0.39, 0.29) is 0 Å². The monoisotopic (exact) mass is 329 g/mol. The molecule has 124 valence electrons. The van der Waals surface area contributed by atoms with Gasteiger partial charge in [-0.2, -0.15) is 5.10 Å². The Morgan fingerprint density at radius 3 is 2.60 bits per heavy atom. The van der Waals surface area contributed by atoms with Gasteiger partial charge >= 0.3 is 0 Å². The molecule has 0 aliphatic rings. The molecule has 0 bridgehead atoms. The summed E-state index contributed by atoms with van der Waals surface area (Å²) in [6.45, 7) is 4.20. The molecule has 2 aromatic carbocycles. The van der Waals surface area contributed by atoms with E-state index in [1.165, 1.54) is 5.69 Å². The van der Waals surface area contributed by atoms with Gasteiger partial charge in [-0.15, -0.1) is 0 Å². The third-order valence-corrected chi connectivity index (χ3v) is 4.25.